The van der Waals surface area contributed by atoms with Crippen molar-refractivity contribution in [2.24, 2.45) is 5.73 Å². The van der Waals surface area contributed by atoms with Crippen LogP contribution in [0.15, 0.2) is 46.9 Å². The molecule has 1 unspecified atom stereocenters. The first-order valence-corrected chi connectivity index (χ1v) is 7.24. The average molecular weight is 338 g/mol. The molecule has 0 aromatic heterocycles. The molecule has 2 aromatic rings. The predicted molar refractivity (Wildman–Crippen MR) is 82.3 cm³/mol. The monoisotopic (exact) mass is 337 g/mol. The lowest BCUT2D eigenvalue weighted by atomic mass is 9.99. The highest BCUT2D eigenvalue weighted by Crippen LogP contribution is 2.30. The quantitative estimate of drug-likeness (QED) is 0.895. The Kier molecular flexibility index (Phi) is 4.78. The van der Waals surface area contributed by atoms with Crippen molar-refractivity contribution in [2.45, 2.75) is 26.0 Å². The summed E-state index contributed by atoms with van der Waals surface area (Å²) in [5.41, 5.74) is 7.46. The Morgan fingerprint density at radius 1 is 1.10 bits per heavy atom. The third kappa shape index (κ3) is 3.38. The fraction of sp³-hybridized carbons (Fsp3) is 0.250. The van der Waals surface area contributed by atoms with Gasteiger partial charge in [0.2, 0.25) is 0 Å². The van der Waals surface area contributed by atoms with Gasteiger partial charge in [-0.15, -0.1) is 0 Å². The van der Waals surface area contributed by atoms with Crippen LogP contribution in [0, 0.1) is 5.82 Å². The van der Waals surface area contributed by atoms with Crippen LogP contribution in [-0.2, 0) is 0 Å². The lowest BCUT2D eigenvalue weighted by Gasteiger charge is -2.16. The van der Waals surface area contributed by atoms with Crippen molar-refractivity contribution in [1.29, 1.82) is 0 Å². The number of rotatable bonds is 4. The summed E-state index contributed by atoms with van der Waals surface area (Å²) in [5, 5.41) is 0. The summed E-state index contributed by atoms with van der Waals surface area (Å²) in [4.78, 5) is 0. The van der Waals surface area contributed by atoms with Crippen molar-refractivity contribution >= 4 is 15.9 Å². The Bertz CT molecular complexity index is 563. The van der Waals surface area contributed by atoms with Crippen LogP contribution in [0.5, 0.6) is 5.75 Å². The highest BCUT2D eigenvalue weighted by atomic mass is 79.9. The number of nitrogens with two attached hydrogens (primary N) is 1. The Morgan fingerprint density at radius 2 is 1.75 bits per heavy atom. The van der Waals surface area contributed by atoms with Gasteiger partial charge in [-0.1, -0.05) is 34.1 Å². The smallest absolute Gasteiger partial charge is 0.129 e. The molecule has 2 rings (SSSR count). The molecule has 1 atom stereocenters. The van der Waals surface area contributed by atoms with Crippen LogP contribution in [-0.4, -0.2) is 6.10 Å². The Morgan fingerprint density at radius 3 is 2.30 bits per heavy atom. The molecule has 0 aliphatic rings. The second-order valence-electron chi connectivity index (χ2n) is 4.85. The Labute approximate surface area is 126 Å². The van der Waals surface area contributed by atoms with E-state index >= 15 is 0 Å². The van der Waals surface area contributed by atoms with Crippen molar-refractivity contribution in [3.63, 3.8) is 0 Å². The molecule has 4 heteroatoms. The highest BCUT2D eigenvalue weighted by Gasteiger charge is 2.16. The van der Waals surface area contributed by atoms with Gasteiger partial charge in [0.15, 0.2) is 0 Å². The maximum atomic E-state index is 13.9. The molecule has 2 N–H and O–H groups in total. The normalized spacial score (nSPS) is 12.5. The minimum absolute atomic E-state index is 0.121. The molecule has 2 nitrogen and oxygen atoms in total. The largest absolute Gasteiger partial charge is 0.491 e. The summed E-state index contributed by atoms with van der Waals surface area (Å²) in [6.45, 7) is 3.94. The number of ether oxygens (including phenoxy) is 1. The van der Waals surface area contributed by atoms with E-state index in [0.29, 0.717) is 10.0 Å². The number of halogens is 2. The molecular formula is C16H17BrFNO. The molecule has 0 aliphatic carbocycles. The third-order valence-electron chi connectivity index (χ3n) is 2.92. The maximum Gasteiger partial charge on any atom is 0.129 e. The van der Waals surface area contributed by atoms with Crippen molar-refractivity contribution in [1.82, 2.24) is 0 Å². The van der Waals surface area contributed by atoms with E-state index in [9.17, 15) is 4.39 Å². The fourth-order valence-corrected chi connectivity index (χ4v) is 2.59. The van der Waals surface area contributed by atoms with Gasteiger partial charge in [0.25, 0.3) is 0 Å². The zero-order valence-corrected chi connectivity index (χ0v) is 13.0. The number of hydrogen-bond donors (Lipinski definition) is 1. The summed E-state index contributed by atoms with van der Waals surface area (Å²) < 4.78 is 20.2. The summed E-state index contributed by atoms with van der Waals surface area (Å²) in [7, 11) is 0. The zero-order valence-electron chi connectivity index (χ0n) is 11.4. The molecule has 0 saturated heterocycles. The fourth-order valence-electron chi connectivity index (χ4n) is 2.00. The van der Waals surface area contributed by atoms with E-state index < -0.39 is 6.04 Å². The topological polar surface area (TPSA) is 35.2 Å². The van der Waals surface area contributed by atoms with Gasteiger partial charge in [0, 0.05) is 10.0 Å². The van der Waals surface area contributed by atoms with Crippen molar-refractivity contribution < 1.29 is 9.13 Å². The molecule has 106 valence electrons. The van der Waals surface area contributed by atoms with Crippen molar-refractivity contribution in [3.8, 4) is 5.75 Å². The maximum absolute atomic E-state index is 13.9. The predicted octanol–water partition coefficient (Wildman–Crippen LogP) is 4.42. The summed E-state index contributed by atoms with van der Waals surface area (Å²) in [6, 6.07) is 11.8. The molecule has 0 aliphatic heterocycles. The lowest BCUT2D eigenvalue weighted by molar-refractivity contribution is 0.242. The van der Waals surface area contributed by atoms with Crippen molar-refractivity contribution in [3.05, 3.63) is 63.9 Å². The molecule has 0 saturated carbocycles. The average Bonchev–Trinajstić information content (AvgIpc) is 2.38. The van der Waals surface area contributed by atoms with Gasteiger partial charge in [-0.05, 0) is 43.7 Å². The van der Waals surface area contributed by atoms with Gasteiger partial charge in [-0.25, -0.2) is 4.39 Å². The van der Waals surface area contributed by atoms with Gasteiger partial charge in [-0.3, -0.25) is 0 Å². The third-order valence-corrected chi connectivity index (χ3v) is 3.61. The van der Waals surface area contributed by atoms with Crippen LogP contribution < -0.4 is 10.5 Å². The van der Waals surface area contributed by atoms with Crippen LogP contribution in [0.3, 0.4) is 0 Å². The van der Waals surface area contributed by atoms with Crippen LogP contribution in [0.25, 0.3) is 0 Å². The van der Waals surface area contributed by atoms with Gasteiger partial charge >= 0.3 is 0 Å². The standard InChI is InChI=1S/C16H17BrFNO/c1-10(2)20-12-8-6-11(7-9-12)16(19)15-13(17)4-3-5-14(15)18/h3-10,16H,19H2,1-2H3. The molecule has 0 heterocycles. The zero-order chi connectivity index (χ0) is 14.7. The molecule has 2 aromatic carbocycles. The molecule has 0 radical (unpaired) electrons. The van der Waals surface area contributed by atoms with E-state index in [1.807, 2.05) is 38.1 Å². The first-order chi connectivity index (χ1) is 9.49. The molecular weight excluding hydrogens is 321 g/mol. The second kappa shape index (κ2) is 6.37. The minimum Gasteiger partial charge on any atom is -0.491 e. The molecule has 20 heavy (non-hydrogen) atoms. The summed E-state index contributed by atoms with van der Waals surface area (Å²) >= 11 is 3.35. The van der Waals surface area contributed by atoms with E-state index in [2.05, 4.69) is 15.9 Å². The number of benzene rings is 2. The van der Waals surface area contributed by atoms with Gasteiger partial charge < -0.3 is 10.5 Å². The minimum atomic E-state index is -0.515. The highest BCUT2D eigenvalue weighted by molar-refractivity contribution is 9.10. The molecule has 0 fully saturated rings. The SMILES string of the molecule is CC(C)Oc1ccc(C(N)c2c(F)cccc2Br)cc1. The van der Waals surface area contributed by atoms with Crippen molar-refractivity contribution in [2.75, 3.05) is 0 Å². The van der Waals surface area contributed by atoms with E-state index in [1.54, 1.807) is 12.1 Å². The lowest BCUT2D eigenvalue weighted by Crippen LogP contribution is -2.14. The van der Waals surface area contributed by atoms with E-state index in [0.717, 1.165) is 11.3 Å². The first-order valence-electron chi connectivity index (χ1n) is 6.45. The second-order valence-corrected chi connectivity index (χ2v) is 5.70. The van der Waals surface area contributed by atoms with E-state index in [4.69, 9.17) is 10.5 Å². The van der Waals surface area contributed by atoms with Gasteiger partial charge in [-0.2, -0.15) is 0 Å². The van der Waals surface area contributed by atoms with Gasteiger partial charge in [0.05, 0.1) is 12.1 Å². The summed E-state index contributed by atoms with van der Waals surface area (Å²) in [5.74, 6) is 0.470. The number of hydrogen-bond acceptors (Lipinski definition) is 2. The van der Waals surface area contributed by atoms with Crippen LogP contribution in [0.1, 0.15) is 31.0 Å². The molecule has 0 spiro atoms. The summed E-state index contributed by atoms with van der Waals surface area (Å²) in [6.07, 6.45) is 0.121. The van der Waals surface area contributed by atoms with Crippen LogP contribution >= 0.6 is 15.9 Å². The Hall–Kier alpha value is -1.39. The Balaban J connectivity index is 2.27. The molecule has 0 bridgehead atoms. The first kappa shape index (κ1) is 15.0. The van der Waals surface area contributed by atoms with Gasteiger partial charge in [0.1, 0.15) is 11.6 Å². The molecule has 0 amide bonds. The van der Waals surface area contributed by atoms with Crippen LogP contribution in [0.4, 0.5) is 4.39 Å². The van der Waals surface area contributed by atoms with Crippen LogP contribution in [0.2, 0.25) is 0 Å². The van der Waals surface area contributed by atoms with E-state index in [1.165, 1.54) is 6.07 Å². The van der Waals surface area contributed by atoms with E-state index in [-0.39, 0.29) is 11.9 Å².